The van der Waals surface area contributed by atoms with Crippen LogP contribution in [0.2, 0.25) is 0 Å². The van der Waals surface area contributed by atoms with Gasteiger partial charge in [-0.05, 0) is 31.5 Å². The largest absolute Gasteiger partial charge is 0.384 e. The molecule has 3 heterocycles. The normalized spacial score (nSPS) is 18.5. The van der Waals surface area contributed by atoms with Gasteiger partial charge in [0.1, 0.15) is 11.4 Å². The molecule has 1 aromatic heterocycles. The summed E-state index contributed by atoms with van der Waals surface area (Å²) in [6.07, 6.45) is 1.57. The van der Waals surface area contributed by atoms with Crippen LogP contribution in [0, 0.1) is 5.92 Å². The highest BCUT2D eigenvalue weighted by molar-refractivity contribution is 6.01. The highest BCUT2D eigenvalue weighted by atomic mass is 16.7. The van der Waals surface area contributed by atoms with Crippen LogP contribution in [-0.2, 0) is 23.1 Å². The number of hydrogen-bond donors (Lipinski definition) is 1. The van der Waals surface area contributed by atoms with Crippen LogP contribution < -0.4 is 17.0 Å². The minimum absolute atomic E-state index is 0.0791. The number of ether oxygens (including phenoxy) is 2. The van der Waals surface area contributed by atoms with Gasteiger partial charge in [-0.25, -0.2) is 4.79 Å². The molecule has 9 nitrogen and oxygen atoms in total. The molecule has 0 atom stereocenters. The van der Waals surface area contributed by atoms with Crippen molar-refractivity contribution in [1.29, 1.82) is 0 Å². The molecular weight excluding hydrogens is 400 g/mol. The minimum atomic E-state index is -0.653. The first kappa shape index (κ1) is 21.5. The Morgan fingerprint density at radius 2 is 1.74 bits per heavy atom. The highest BCUT2D eigenvalue weighted by Crippen LogP contribution is 2.26. The van der Waals surface area contributed by atoms with E-state index in [0.717, 1.165) is 23.0 Å². The second-order valence-corrected chi connectivity index (χ2v) is 8.13. The summed E-state index contributed by atoms with van der Waals surface area (Å²) in [5.74, 6) is -0.129. The summed E-state index contributed by atoms with van der Waals surface area (Å²) < 4.78 is 13.4. The van der Waals surface area contributed by atoms with E-state index in [2.05, 4.69) is 0 Å². The van der Waals surface area contributed by atoms with E-state index in [4.69, 9.17) is 15.2 Å². The van der Waals surface area contributed by atoms with Crippen LogP contribution in [0.15, 0.2) is 39.9 Å². The Balaban J connectivity index is 1.51. The molecule has 0 aliphatic carbocycles. The first-order valence-electron chi connectivity index (χ1n) is 10.6. The number of nitrogens with zero attached hydrogens (tertiary/aromatic N) is 3. The lowest BCUT2D eigenvalue weighted by Gasteiger charge is -2.33. The van der Waals surface area contributed by atoms with E-state index in [1.807, 2.05) is 35.2 Å². The number of hydrogen-bond acceptors (Lipinski definition) is 7. The number of Topliss-reactive ketones (excluding diaryl/α,β-unsaturated/α-hetero) is 1. The summed E-state index contributed by atoms with van der Waals surface area (Å²) in [5.41, 5.74) is 5.73. The third-order valence-corrected chi connectivity index (χ3v) is 6.08. The Hall–Kier alpha value is -2.75. The third-order valence-electron chi connectivity index (χ3n) is 6.08. The lowest BCUT2D eigenvalue weighted by molar-refractivity contribution is -0.0968. The lowest BCUT2D eigenvalue weighted by Crippen LogP contribution is -2.45. The maximum Gasteiger partial charge on any atom is 0.332 e. The van der Waals surface area contributed by atoms with E-state index in [1.165, 1.54) is 11.6 Å². The van der Waals surface area contributed by atoms with Gasteiger partial charge < -0.3 is 15.2 Å². The zero-order valence-corrected chi connectivity index (χ0v) is 17.7. The Labute approximate surface area is 180 Å². The van der Waals surface area contributed by atoms with Gasteiger partial charge in [0.2, 0.25) is 0 Å². The second-order valence-electron chi connectivity index (χ2n) is 8.13. The number of nitrogens with two attached hydrogens (primary N) is 1. The summed E-state index contributed by atoms with van der Waals surface area (Å²) in [5, 5.41) is 0. The van der Waals surface area contributed by atoms with Crippen molar-refractivity contribution >= 4 is 11.6 Å². The summed E-state index contributed by atoms with van der Waals surface area (Å²) in [6, 6.07) is 9.31. The van der Waals surface area contributed by atoms with Gasteiger partial charge >= 0.3 is 5.69 Å². The summed E-state index contributed by atoms with van der Waals surface area (Å²) >= 11 is 0. The number of piperidine rings is 1. The van der Waals surface area contributed by atoms with Crippen LogP contribution in [0.5, 0.6) is 0 Å². The number of likely N-dealkylation sites (tertiary alicyclic amines) is 1. The molecule has 0 bridgehead atoms. The number of ketones is 1. The number of benzene rings is 1. The van der Waals surface area contributed by atoms with Gasteiger partial charge in [0.15, 0.2) is 12.1 Å². The SMILES string of the molecule is Cn1c(=O)c(C(=O)CN2CCC(C3OCCO3)CC2)c(N)n(Cc2ccccc2)c1=O. The van der Waals surface area contributed by atoms with Crippen LogP contribution in [0.25, 0.3) is 0 Å². The Morgan fingerprint density at radius 1 is 1.10 bits per heavy atom. The molecule has 2 aliphatic heterocycles. The van der Waals surface area contributed by atoms with E-state index in [9.17, 15) is 14.4 Å². The monoisotopic (exact) mass is 428 g/mol. The average molecular weight is 428 g/mol. The van der Waals surface area contributed by atoms with Crippen molar-refractivity contribution in [1.82, 2.24) is 14.0 Å². The highest BCUT2D eigenvalue weighted by Gasteiger charge is 2.31. The van der Waals surface area contributed by atoms with Gasteiger partial charge in [0, 0.05) is 13.0 Å². The van der Waals surface area contributed by atoms with Crippen molar-refractivity contribution in [2.45, 2.75) is 25.7 Å². The maximum atomic E-state index is 13.1. The molecule has 2 saturated heterocycles. The molecule has 2 N–H and O–H groups in total. The van der Waals surface area contributed by atoms with Crippen LogP contribution in [0.4, 0.5) is 5.82 Å². The smallest absolute Gasteiger partial charge is 0.332 e. The molecule has 9 heteroatoms. The summed E-state index contributed by atoms with van der Waals surface area (Å²) in [7, 11) is 1.37. The van der Waals surface area contributed by atoms with Gasteiger partial charge in [0.25, 0.3) is 5.56 Å². The molecule has 31 heavy (non-hydrogen) atoms. The molecule has 4 rings (SSSR count). The van der Waals surface area contributed by atoms with Crippen LogP contribution in [0.1, 0.15) is 28.8 Å². The van der Waals surface area contributed by atoms with Crippen molar-refractivity contribution in [2.24, 2.45) is 13.0 Å². The zero-order valence-electron chi connectivity index (χ0n) is 17.7. The van der Waals surface area contributed by atoms with E-state index in [1.54, 1.807) is 0 Å². The summed E-state index contributed by atoms with van der Waals surface area (Å²) in [6.45, 7) is 2.96. The third kappa shape index (κ3) is 4.48. The van der Waals surface area contributed by atoms with Gasteiger partial charge in [-0.2, -0.15) is 0 Å². The molecule has 1 aromatic carbocycles. The van der Waals surface area contributed by atoms with E-state index < -0.39 is 11.2 Å². The standard InChI is InChI=1S/C22H28N4O5/c1-24-20(28)18(19(23)26(22(24)29)13-15-5-3-2-4-6-15)17(27)14-25-9-7-16(8-10-25)21-30-11-12-31-21/h2-6,16,21H,7-14,23H2,1H3. The molecule has 0 saturated carbocycles. The fraction of sp³-hybridized carbons (Fsp3) is 0.500. The number of anilines is 1. The van der Waals surface area contributed by atoms with Crippen molar-refractivity contribution in [3.8, 4) is 0 Å². The molecule has 2 aromatic rings. The average Bonchev–Trinajstić information content (AvgIpc) is 3.32. The molecule has 0 radical (unpaired) electrons. The van der Waals surface area contributed by atoms with Crippen molar-refractivity contribution in [2.75, 3.05) is 38.6 Å². The van der Waals surface area contributed by atoms with E-state index >= 15 is 0 Å². The van der Waals surface area contributed by atoms with Gasteiger partial charge in [-0.15, -0.1) is 0 Å². The number of carbonyl (C=O) groups is 1. The Kier molecular flexibility index (Phi) is 6.35. The molecule has 0 unspecified atom stereocenters. The van der Waals surface area contributed by atoms with Gasteiger partial charge in [-0.1, -0.05) is 30.3 Å². The van der Waals surface area contributed by atoms with Crippen molar-refractivity contribution < 1.29 is 14.3 Å². The topological polar surface area (TPSA) is 109 Å². The first-order chi connectivity index (χ1) is 15.0. The molecular formula is C22H28N4O5. The quantitative estimate of drug-likeness (QED) is 0.665. The summed E-state index contributed by atoms with van der Waals surface area (Å²) in [4.78, 5) is 40.4. The lowest BCUT2D eigenvalue weighted by atomic mass is 9.96. The van der Waals surface area contributed by atoms with Crippen LogP contribution >= 0.6 is 0 Å². The fourth-order valence-electron chi connectivity index (χ4n) is 4.28. The van der Waals surface area contributed by atoms with Crippen molar-refractivity contribution in [3.05, 3.63) is 62.3 Å². The van der Waals surface area contributed by atoms with Crippen molar-refractivity contribution in [3.63, 3.8) is 0 Å². The van der Waals surface area contributed by atoms with Crippen LogP contribution in [-0.4, -0.2) is 59.0 Å². The number of rotatable bonds is 6. The predicted molar refractivity (Wildman–Crippen MR) is 115 cm³/mol. The Bertz CT molecular complexity index is 1050. The molecule has 2 aliphatic rings. The van der Waals surface area contributed by atoms with E-state index in [-0.39, 0.29) is 36.5 Å². The minimum Gasteiger partial charge on any atom is -0.384 e. The van der Waals surface area contributed by atoms with Crippen LogP contribution in [0.3, 0.4) is 0 Å². The van der Waals surface area contributed by atoms with E-state index in [0.29, 0.717) is 32.2 Å². The zero-order chi connectivity index (χ0) is 22.0. The molecule has 166 valence electrons. The predicted octanol–water partition coefficient (Wildman–Crippen LogP) is 0.445. The number of nitrogen functional groups attached to an aromatic ring is 1. The fourth-order valence-corrected chi connectivity index (χ4v) is 4.28. The number of aromatic nitrogens is 2. The Morgan fingerprint density at radius 3 is 2.39 bits per heavy atom. The number of carbonyl (C=O) groups excluding carboxylic acids is 1. The molecule has 0 amide bonds. The maximum absolute atomic E-state index is 13.1. The first-order valence-corrected chi connectivity index (χ1v) is 10.6. The van der Waals surface area contributed by atoms with Gasteiger partial charge in [0.05, 0.1) is 26.3 Å². The molecule has 2 fully saturated rings. The molecule has 0 spiro atoms. The second kappa shape index (κ2) is 9.17. The van der Waals surface area contributed by atoms with Gasteiger partial charge in [-0.3, -0.25) is 23.6 Å².